The highest BCUT2D eigenvalue weighted by molar-refractivity contribution is 6.29. The maximum absolute atomic E-state index is 7.51. The van der Waals surface area contributed by atoms with Gasteiger partial charge in [0.25, 0.3) is 0 Å². The van der Waals surface area contributed by atoms with E-state index in [1.54, 1.807) is 18.5 Å². The van der Waals surface area contributed by atoms with Gasteiger partial charge in [-0.05, 0) is 18.2 Å². The summed E-state index contributed by atoms with van der Waals surface area (Å²) in [7, 11) is 0. The highest BCUT2D eigenvalue weighted by Crippen LogP contribution is 2.18. The fourth-order valence-corrected chi connectivity index (χ4v) is 1.99. The molecule has 0 radical (unpaired) electrons. The molecule has 2 aromatic heterocycles. The number of halogens is 1. The predicted molar refractivity (Wildman–Crippen MR) is 79.1 cm³/mol. The first-order valence-corrected chi connectivity index (χ1v) is 6.62. The highest BCUT2D eigenvalue weighted by Gasteiger charge is 2.20. The van der Waals surface area contributed by atoms with Gasteiger partial charge in [0, 0.05) is 36.3 Å². The maximum Gasteiger partial charge on any atom is 0.129 e. The van der Waals surface area contributed by atoms with Crippen molar-refractivity contribution in [1.29, 1.82) is 5.41 Å². The Morgan fingerprint density at radius 2 is 2.35 bits per heavy atom. The van der Waals surface area contributed by atoms with E-state index < -0.39 is 0 Å². The smallest absolute Gasteiger partial charge is 0.129 e. The van der Waals surface area contributed by atoms with E-state index in [1.807, 2.05) is 12.1 Å². The van der Waals surface area contributed by atoms with E-state index >= 15 is 0 Å². The second-order valence-electron chi connectivity index (χ2n) is 4.50. The largest absolute Gasteiger partial charge is 0.388 e. The van der Waals surface area contributed by atoms with Gasteiger partial charge in [0.1, 0.15) is 5.15 Å². The molecule has 1 aliphatic heterocycles. The summed E-state index contributed by atoms with van der Waals surface area (Å²) in [6.07, 6.45) is 5.11. The summed E-state index contributed by atoms with van der Waals surface area (Å²) in [5.41, 5.74) is 3.06. The number of epoxide rings is 1. The maximum atomic E-state index is 7.51. The van der Waals surface area contributed by atoms with Crippen molar-refractivity contribution in [3.05, 3.63) is 41.3 Å². The Kier molecular flexibility index (Phi) is 3.62. The van der Waals surface area contributed by atoms with E-state index in [0.717, 1.165) is 29.8 Å². The second kappa shape index (κ2) is 5.56. The van der Waals surface area contributed by atoms with Crippen molar-refractivity contribution in [2.24, 2.45) is 0 Å². The van der Waals surface area contributed by atoms with Crippen LogP contribution in [0.1, 0.15) is 5.56 Å². The SMILES string of the molecule is N=C/C(=C\NCC1CO1)c1cnc2ccc(Cl)nc2c1. The van der Waals surface area contributed by atoms with Gasteiger partial charge in [-0.1, -0.05) is 11.6 Å². The minimum absolute atomic E-state index is 0.299. The molecule has 3 heterocycles. The van der Waals surface area contributed by atoms with Gasteiger partial charge in [-0.25, -0.2) is 4.98 Å². The molecule has 6 heteroatoms. The molecule has 0 aliphatic carbocycles. The predicted octanol–water partition coefficient (Wildman–Crippen LogP) is 2.26. The Hall–Kier alpha value is -1.98. The van der Waals surface area contributed by atoms with Gasteiger partial charge < -0.3 is 15.5 Å². The summed E-state index contributed by atoms with van der Waals surface area (Å²) in [5, 5.41) is 11.1. The Morgan fingerprint density at radius 3 is 3.10 bits per heavy atom. The molecule has 2 aromatic rings. The molecule has 5 nitrogen and oxygen atoms in total. The lowest BCUT2D eigenvalue weighted by molar-refractivity contribution is 0.405. The monoisotopic (exact) mass is 288 g/mol. The topological polar surface area (TPSA) is 74.2 Å². The van der Waals surface area contributed by atoms with Crippen molar-refractivity contribution in [3.8, 4) is 0 Å². The number of rotatable bonds is 5. The molecule has 0 saturated carbocycles. The molecular formula is C14H13ClN4O. The second-order valence-corrected chi connectivity index (χ2v) is 4.89. The highest BCUT2D eigenvalue weighted by atomic mass is 35.5. The summed E-state index contributed by atoms with van der Waals surface area (Å²) in [6, 6.07) is 5.41. The normalized spacial score (nSPS) is 18.1. The van der Waals surface area contributed by atoms with Crippen LogP contribution in [0.5, 0.6) is 0 Å². The molecule has 0 spiro atoms. The molecule has 3 rings (SSSR count). The quantitative estimate of drug-likeness (QED) is 0.503. The van der Waals surface area contributed by atoms with Gasteiger partial charge in [0.2, 0.25) is 0 Å². The number of ether oxygens (including phenoxy) is 1. The van der Waals surface area contributed by atoms with Crippen molar-refractivity contribution in [1.82, 2.24) is 15.3 Å². The first kappa shape index (κ1) is 13.0. The Balaban J connectivity index is 1.87. The third-order valence-electron chi connectivity index (χ3n) is 3.00. The molecule has 0 aromatic carbocycles. The van der Waals surface area contributed by atoms with Gasteiger partial charge in [-0.15, -0.1) is 0 Å². The number of hydrogen-bond acceptors (Lipinski definition) is 5. The van der Waals surface area contributed by atoms with Crippen LogP contribution in [0, 0.1) is 5.41 Å². The van der Waals surface area contributed by atoms with Crippen LogP contribution in [0.2, 0.25) is 5.15 Å². The van der Waals surface area contributed by atoms with E-state index in [1.165, 1.54) is 6.21 Å². The van der Waals surface area contributed by atoms with Gasteiger partial charge in [-0.3, -0.25) is 4.98 Å². The summed E-state index contributed by atoms with van der Waals surface area (Å²) < 4.78 is 5.11. The zero-order chi connectivity index (χ0) is 13.9. The Morgan fingerprint density at radius 1 is 1.50 bits per heavy atom. The number of allylic oxidation sites excluding steroid dienone is 1. The minimum atomic E-state index is 0.299. The van der Waals surface area contributed by atoms with E-state index in [9.17, 15) is 0 Å². The molecule has 0 amide bonds. The van der Waals surface area contributed by atoms with Gasteiger partial charge in [0.15, 0.2) is 0 Å². The number of nitrogens with zero attached hydrogens (tertiary/aromatic N) is 2. The third-order valence-corrected chi connectivity index (χ3v) is 3.21. The average Bonchev–Trinajstić information content (AvgIpc) is 3.27. The molecule has 1 aliphatic rings. The first-order chi connectivity index (χ1) is 9.76. The van der Waals surface area contributed by atoms with Crippen molar-refractivity contribution < 1.29 is 4.74 Å². The minimum Gasteiger partial charge on any atom is -0.388 e. The fraction of sp³-hybridized carbons (Fsp3) is 0.214. The summed E-state index contributed by atoms with van der Waals surface area (Å²) >= 11 is 5.89. The molecule has 0 bridgehead atoms. The van der Waals surface area contributed by atoms with Crippen LogP contribution >= 0.6 is 11.6 Å². The van der Waals surface area contributed by atoms with Crippen LogP contribution in [-0.4, -0.2) is 35.4 Å². The number of pyridine rings is 2. The van der Waals surface area contributed by atoms with Crippen LogP contribution in [0.3, 0.4) is 0 Å². The van der Waals surface area contributed by atoms with Crippen molar-refractivity contribution in [2.75, 3.05) is 13.2 Å². The summed E-state index contributed by atoms with van der Waals surface area (Å²) in [6.45, 7) is 1.56. The van der Waals surface area contributed by atoms with Gasteiger partial charge >= 0.3 is 0 Å². The molecule has 1 saturated heterocycles. The lowest BCUT2D eigenvalue weighted by Gasteiger charge is -2.05. The standard InChI is InChI=1S/C14H13ClN4O/c15-14-2-1-12-13(19-14)3-9(6-18-12)10(4-16)5-17-7-11-8-20-11/h1-6,11,16-17H,7-8H2/b10-5+,16-4?. The zero-order valence-corrected chi connectivity index (χ0v) is 11.4. The van der Waals surface area contributed by atoms with Gasteiger partial charge in [0.05, 0.1) is 23.7 Å². The van der Waals surface area contributed by atoms with Crippen molar-refractivity contribution in [3.63, 3.8) is 0 Å². The molecule has 1 fully saturated rings. The van der Waals surface area contributed by atoms with E-state index in [-0.39, 0.29) is 0 Å². The van der Waals surface area contributed by atoms with Crippen LogP contribution in [0.25, 0.3) is 16.6 Å². The summed E-state index contributed by atoms with van der Waals surface area (Å²) in [4.78, 5) is 8.56. The van der Waals surface area contributed by atoms with Crippen LogP contribution in [0.4, 0.5) is 0 Å². The van der Waals surface area contributed by atoms with Crippen LogP contribution in [-0.2, 0) is 4.74 Å². The average molecular weight is 289 g/mol. The Labute approximate surface area is 121 Å². The van der Waals surface area contributed by atoms with Crippen molar-refractivity contribution >= 4 is 34.4 Å². The number of aromatic nitrogens is 2. The third kappa shape index (κ3) is 2.95. The van der Waals surface area contributed by atoms with Gasteiger partial charge in [-0.2, -0.15) is 0 Å². The Bertz CT molecular complexity index is 682. The van der Waals surface area contributed by atoms with Crippen LogP contribution < -0.4 is 5.32 Å². The van der Waals surface area contributed by atoms with Crippen molar-refractivity contribution in [2.45, 2.75) is 6.10 Å². The van der Waals surface area contributed by atoms with E-state index in [4.69, 9.17) is 21.7 Å². The molecule has 1 atom stereocenters. The number of nitrogens with one attached hydrogen (secondary N) is 2. The molecule has 20 heavy (non-hydrogen) atoms. The van der Waals surface area contributed by atoms with E-state index in [2.05, 4.69) is 15.3 Å². The van der Waals surface area contributed by atoms with Crippen LogP contribution in [0.15, 0.2) is 30.6 Å². The lowest BCUT2D eigenvalue weighted by Crippen LogP contribution is -2.13. The zero-order valence-electron chi connectivity index (χ0n) is 10.6. The molecular weight excluding hydrogens is 276 g/mol. The molecule has 2 N–H and O–H groups in total. The molecule has 102 valence electrons. The number of fused-ring (bicyclic) bond motifs is 1. The number of hydrogen-bond donors (Lipinski definition) is 2. The van der Waals surface area contributed by atoms with E-state index in [0.29, 0.717) is 16.8 Å². The molecule has 1 unspecified atom stereocenters. The summed E-state index contributed by atoms with van der Waals surface area (Å²) in [5.74, 6) is 0. The lowest BCUT2D eigenvalue weighted by atomic mass is 10.1. The fourth-order valence-electron chi connectivity index (χ4n) is 1.83. The first-order valence-electron chi connectivity index (χ1n) is 6.24.